The summed E-state index contributed by atoms with van der Waals surface area (Å²) < 4.78 is 2.14. The quantitative estimate of drug-likeness (QED) is 0.911. The molecule has 2 aliphatic rings. The van der Waals surface area contributed by atoms with E-state index in [1.165, 1.54) is 19.3 Å². The van der Waals surface area contributed by atoms with Crippen molar-refractivity contribution in [2.45, 2.75) is 57.2 Å². The van der Waals surface area contributed by atoms with Crippen LogP contribution in [-0.4, -0.2) is 39.5 Å². The molecular formula is C15H24N4O. The van der Waals surface area contributed by atoms with Gasteiger partial charge in [-0.3, -0.25) is 4.79 Å². The van der Waals surface area contributed by atoms with Crippen LogP contribution in [0.5, 0.6) is 0 Å². The number of fused-ring (bicyclic) bond motifs is 1. The largest absolute Gasteiger partial charge is 0.333 e. The average Bonchev–Trinajstić information content (AvgIpc) is 2.95. The van der Waals surface area contributed by atoms with Gasteiger partial charge in [-0.05, 0) is 19.9 Å². The molecule has 0 saturated heterocycles. The highest BCUT2D eigenvalue weighted by molar-refractivity contribution is 5.77. The first-order valence-electron chi connectivity index (χ1n) is 7.69. The molecule has 0 unspecified atom stereocenters. The predicted octanol–water partition coefficient (Wildman–Crippen LogP) is 1.54. The molecule has 1 aliphatic carbocycles. The van der Waals surface area contributed by atoms with Crippen molar-refractivity contribution in [3.8, 4) is 0 Å². The lowest BCUT2D eigenvalue weighted by molar-refractivity contribution is -0.134. The van der Waals surface area contributed by atoms with E-state index in [1.54, 1.807) is 0 Å². The molecule has 0 radical (unpaired) electrons. The van der Waals surface area contributed by atoms with Gasteiger partial charge >= 0.3 is 0 Å². The van der Waals surface area contributed by atoms with Crippen LogP contribution in [0.1, 0.15) is 44.3 Å². The molecule has 1 N–H and O–H groups in total. The Balaban J connectivity index is 1.64. The standard InChI is InChI=1S/C15H24N4O/c1-16-15(5-3-2-4-6-15)11-14(20)19-10-9-18-8-7-17-13(18)12-19/h7-8,16H,2-6,9-12H2,1H3. The number of amides is 1. The summed E-state index contributed by atoms with van der Waals surface area (Å²) >= 11 is 0. The van der Waals surface area contributed by atoms with Gasteiger partial charge in [0.05, 0.1) is 6.54 Å². The van der Waals surface area contributed by atoms with Crippen molar-refractivity contribution in [1.82, 2.24) is 19.8 Å². The second kappa shape index (κ2) is 5.56. The third kappa shape index (κ3) is 2.59. The molecule has 0 spiro atoms. The van der Waals surface area contributed by atoms with Crippen molar-refractivity contribution in [3.63, 3.8) is 0 Å². The Morgan fingerprint density at radius 2 is 2.15 bits per heavy atom. The molecule has 1 saturated carbocycles. The Labute approximate surface area is 120 Å². The number of aromatic nitrogens is 2. The Kier molecular flexibility index (Phi) is 3.78. The molecule has 5 nitrogen and oxygen atoms in total. The Bertz CT molecular complexity index is 476. The number of imidazole rings is 1. The third-order valence-electron chi connectivity index (χ3n) is 4.93. The van der Waals surface area contributed by atoms with Crippen LogP contribution in [0.15, 0.2) is 12.4 Å². The second-order valence-corrected chi connectivity index (χ2v) is 6.12. The van der Waals surface area contributed by atoms with E-state index in [0.29, 0.717) is 13.0 Å². The maximum Gasteiger partial charge on any atom is 0.224 e. The van der Waals surface area contributed by atoms with Crippen LogP contribution in [-0.2, 0) is 17.9 Å². The molecule has 1 aliphatic heterocycles. The molecule has 0 aromatic carbocycles. The molecular weight excluding hydrogens is 252 g/mol. The first kappa shape index (κ1) is 13.6. The minimum absolute atomic E-state index is 0.0300. The summed E-state index contributed by atoms with van der Waals surface area (Å²) in [5.41, 5.74) is 0.0300. The fraction of sp³-hybridized carbons (Fsp3) is 0.733. The first-order chi connectivity index (χ1) is 9.72. The highest BCUT2D eigenvalue weighted by Gasteiger charge is 2.34. The normalized spacial score (nSPS) is 21.6. The van der Waals surface area contributed by atoms with Crippen molar-refractivity contribution < 1.29 is 4.79 Å². The van der Waals surface area contributed by atoms with Gasteiger partial charge in [-0.1, -0.05) is 19.3 Å². The Morgan fingerprint density at radius 3 is 2.90 bits per heavy atom. The van der Waals surface area contributed by atoms with E-state index in [-0.39, 0.29) is 11.4 Å². The van der Waals surface area contributed by atoms with Crippen LogP contribution in [0.25, 0.3) is 0 Å². The number of rotatable bonds is 3. The number of carbonyl (C=O) groups excluding carboxylic acids is 1. The SMILES string of the molecule is CNC1(CC(=O)N2CCn3ccnc3C2)CCCCC1. The Morgan fingerprint density at radius 1 is 1.35 bits per heavy atom. The van der Waals surface area contributed by atoms with Crippen LogP contribution in [0.3, 0.4) is 0 Å². The molecule has 3 rings (SSSR count). The van der Waals surface area contributed by atoms with Gasteiger partial charge in [0.2, 0.25) is 5.91 Å². The number of hydrogen-bond donors (Lipinski definition) is 1. The minimum Gasteiger partial charge on any atom is -0.333 e. The van der Waals surface area contributed by atoms with E-state index in [2.05, 4.69) is 14.9 Å². The number of nitrogens with one attached hydrogen (secondary N) is 1. The van der Waals surface area contributed by atoms with Crippen molar-refractivity contribution >= 4 is 5.91 Å². The van der Waals surface area contributed by atoms with Crippen LogP contribution < -0.4 is 5.32 Å². The molecule has 0 bridgehead atoms. The first-order valence-corrected chi connectivity index (χ1v) is 7.69. The van der Waals surface area contributed by atoms with Crippen molar-refractivity contribution in [3.05, 3.63) is 18.2 Å². The highest BCUT2D eigenvalue weighted by Crippen LogP contribution is 2.31. The number of nitrogens with zero attached hydrogens (tertiary/aromatic N) is 3. The molecule has 1 fully saturated rings. The van der Waals surface area contributed by atoms with Crippen LogP contribution >= 0.6 is 0 Å². The summed E-state index contributed by atoms with van der Waals surface area (Å²) in [6.07, 6.45) is 10.5. The predicted molar refractivity (Wildman–Crippen MR) is 77.1 cm³/mol. The smallest absolute Gasteiger partial charge is 0.224 e. The zero-order chi connectivity index (χ0) is 14.0. The van der Waals surface area contributed by atoms with Gasteiger partial charge in [0.15, 0.2) is 0 Å². The van der Waals surface area contributed by atoms with Crippen LogP contribution in [0, 0.1) is 0 Å². The molecule has 1 aromatic rings. The lowest BCUT2D eigenvalue weighted by Crippen LogP contribution is -2.50. The van der Waals surface area contributed by atoms with Gasteiger partial charge in [0, 0.05) is 37.4 Å². The minimum atomic E-state index is 0.0300. The average molecular weight is 276 g/mol. The van der Waals surface area contributed by atoms with Crippen molar-refractivity contribution in [2.75, 3.05) is 13.6 Å². The lowest BCUT2D eigenvalue weighted by atomic mass is 9.79. The van der Waals surface area contributed by atoms with Gasteiger partial charge in [0.1, 0.15) is 5.82 Å². The molecule has 1 amide bonds. The number of carbonyl (C=O) groups is 1. The van der Waals surface area contributed by atoms with E-state index < -0.39 is 0 Å². The molecule has 2 heterocycles. The van der Waals surface area contributed by atoms with E-state index in [4.69, 9.17) is 0 Å². The summed E-state index contributed by atoms with van der Waals surface area (Å²) in [5, 5.41) is 3.43. The Hall–Kier alpha value is -1.36. The van der Waals surface area contributed by atoms with E-state index in [0.717, 1.165) is 31.8 Å². The summed E-state index contributed by atoms with van der Waals surface area (Å²) in [5.74, 6) is 1.28. The second-order valence-electron chi connectivity index (χ2n) is 6.12. The third-order valence-corrected chi connectivity index (χ3v) is 4.93. The zero-order valence-electron chi connectivity index (χ0n) is 12.3. The van der Waals surface area contributed by atoms with Crippen molar-refractivity contribution in [2.24, 2.45) is 0 Å². The van der Waals surface area contributed by atoms with Crippen molar-refractivity contribution in [1.29, 1.82) is 0 Å². The van der Waals surface area contributed by atoms with Gasteiger partial charge in [-0.2, -0.15) is 0 Å². The maximum absolute atomic E-state index is 12.6. The van der Waals surface area contributed by atoms with Gasteiger partial charge in [-0.15, -0.1) is 0 Å². The lowest BCUT2D eigenvalue weighted by Gasteiger charge is -2.38. The monoisotopic (exact) mass is 276 g/mol. The molecule has 20 heavy (non-hydrogen) atoms. The zero-order valence-corrected chi connectivity index (χ0v) is 12.3. The van der Waals surface area contributed by atoms with E-state index >= 15 is 0 Å². The fourth-order valence-corrected chi connectivity index (χ4v) is 3.53. The van der Waals surface area contributed by atoms with Crippen LogP contribution in [0.4, 0.5) is 0 Å². The van der Waals surface area contributed by atoms with Crippen LogP contribution in [0.2, 0.25) is 0 Å². The molecule has 110 valence electrons. The highest BCUT2D eigenvalue weighted by atomic mass is 16.2. The van der Waals surface area contributed by atoms with E-state index in [9.17, 15) is 4.79 Å². The molecule has 5 heteroatoms. The van der Waals surface area contributed by atoms with Gasteiger partial charge < -0.3 is 14.8 Å². The number of hydrogen-bond acceptors (Lipinski definition) is 3. The van der Waals surface area contributed by atoms with Gasteiger partial charge in [0.25, 0.3) is 0 Å². The summed E-state index contributed by atoms with van der Waals surface area (Å²) in [6, 6.07) is 0. The summed E-state index contributed by atoms with van der Waals surface area (Å²) in [4.78, 5) is 18.9. The molecule has 1 aromatic heterocycles. The van der Waals surface area contributed by atoms with Gasteiger partial charge in [-0.25, -0.2) is 4.98 Å². The topological polar surface area (TPSA) is 50.2 Å². The fourth-order valence-electron chi connectivity index (χ4n) is 3.53. The summed E-state index contributed by atoms with van der Waals surface area (Å²) in [7, 11) is 2.00. The van der Waals surface area contributed by atoms with E-state index in [1.807, 2.05) is 24.3 Å². The summed E-state index contributed by atoms with van der Waals surface area (Å²) in [6.45, 7) is 2.33. The maximum atomic E-state index is 12.6. The molecule has 0 atom stereocenters.